The lowest BCUT2D eigenvalue weighted by atomic mass is 10.1. The fraction of sp³-hybridized carbons (Fsp3) is 0.714. The second-order valence-electron chi connectivity index (χ2n) is 5.58. The lowest BCUT2D eigenvalue weighted by Crippen LogP contribution is -2.43. The third-order valence-electron chi connectivity index (χ3n) is 3.09. The first kappa shape index (κ1) is 18.4. The summed E-state index contributed by atoms with van der Waals surface area (Å²) in [7, 11) is 0. The Kier molecular flexibility index (Phi) is 7.59. The Morgan fingerprint density at radius 3 is 2.95 bits per heavy atom. The molecule has 2 heterocycles. The molecule has 120 valence electrons. The number of carbonyl (C=O) groups excluding carboxylic acids is 1. The van der Waals surface area contributed by atoms with E-state index in [9.17, 15) is 4.79 Å². The minimum Gasteiger partial charge on any atom is -0.378 e. The number of aromatic nitrogens is 1. The van der Waals surface area contributed by atoms with E-state index < -0.39 is 0 Å². The van der Waals surface area contributed by atoms with Gasteiger partial charge in [0.15, 0.2) is 0 Å². The molecule has 5 nitrogen and oxygen atoms in total. The molecule has 0 aliphatic carbocycles. The van der Waals surface area contributed by atoms with Crippen molar-refractivity contribution in [3.63, 3.8) is 0 Å². The van der Waals surface area contributed by atoms with Gasteiger partial charge in [0.2, 0.25) is 5.91 Å². The summed E-state index contributed by atoms with van der Waals surface area (Å²) in [6.45, 7) is 8.43. The second-order valence-corrected chi connectivity index (χ2v) is 6.79. The van der Waals surface area contributed by atoms with E-state index in [1.165, 1.54) is 0 Å². The van der Waals surface area contributed by atoms with E-state index in [4.69, 9.17) is 4.74 Å². The van der Waals surface area contributed by atoms with Gasteiger partial charge >= 0.3 is 0 Å². The van der Waals surface area contributed by atoms with Gasteiger partial charge in [-0.3, -0.25) is 4.79 Å². The zero-order chi connectivity index (χ0) is 14.5. The Balaban J connectivity index is 0.00000220. The molecule has 1 aromatic rings. The Morgan fingerprint density at radius 1 is 1.57 bits per heavy atom. The molecular formula is C14H24ClN3O2S. The predicted octanol–water partition coefficient (Wildman–Crippen LogP) is 2.39. The summed E-state index contributed by atoms with van der Waals surface area (Å²) >= 11 is 1.55. The molecule has 1 fully saturated rings. The topological polar surface area (TPSA) is 63.2 Å². The van der Waals surface area contributed by atoms with Gasteiger partial charge in [-0.25, -0.2) is 4.98 Å². The molecule has 1 amide bonds. The van der Waals surface area contributed by atoms with Gasteiger partial charge in [-0.05, 0) is 19.3 Å². The van der Waals surface area contributed by atoms with Crippen molar-refractivity contribution >= 4 is 34.7 Å². The standard InChI is InChI=1S/C14H23N3O2S.ClH/c1-9(2)6-12-14(20-10(3)16-12)17-13(18)7-11-8-19-5-4-15-11;/h9,11,15H,4-8H2,1-3H3,(H,17,18);1H. The predicted molar refractivity (Wildman–Crippen MR) is 88.5 cm³/mol. The highest BCUT2D eigenvalue weighted by Gasteiger charge is 2.19. The van der Waals surface area contributed by atoms with E-state index >= 15 is 0 Å². The lowest BCUT2D eigenvalue weighted by Gasteiger charge is -2.23. The number of carbonyl (C=O) groups is 1. The lowest BCUT2D eigenvalue weighted by molar-refractivity contribution is -0.117. The van der Waals surface area contributed by atoms with Crippen LogP contribution in [0.1, 0.15) is 31.0 Å². The zero-order valence-corrected chi connectivity index (χ0v) is 14.4. The third-order valence-corrected chi connectivity index (χ3v) is 4.02. The number of ether oxygens (including phenoxy) is 1. The van der Waals surface area contributed by atoms with Crippen LogP contribution in [0.3, 0.4) is 0 Å². The number of amides is 1. The summed E-state index contributed by atoms with van der Waals surface area (Å²) in [5.74, 6) is 0.558. The Morgan fingerprint density at radius 2 is 2.33 bits per heavy atom. The normalized spacial score (nSPS) is 18.4. The van der Waals surface area contributed by atoms with Crippen LogP contribution in [0, 0.1) is 12.8 Å². The number of aryl methyl sites for hydroxylation is 1. The molecule has 1 aromatic heterocycles. The second kappa shape index (κ2) is 8.68. The van der Waals surface area contributed by atoms with Gasteiger partial charge in [-0.2, -0.15) is 0 Å². The van der Waals surface area contributed by atoms with Gasteiger partial charge in [0, 0.05) is 19.0 Å². The van der Waals surface area contributed by atoms with Crippen LogP contribution in [0.2, 0.25) is 0 Å². The van der Waals surface area contributed by atoms with Gasteiger partial charge in [0.25, 0.3) is 0 Å². The highest BCUT2D eigenvalue weighted by molar-refractivity contribution is 7.16. The largest absolute Gasteiger partial charge is 0.378 e. The zero-order valence-electron chi connectivity index (χ0n) is 12.8. The number of halogens is 1. The number of hydrogen-bond acceptors (Lipinski definition) is 5. The van der Waals surface area contributed by atoms with Crippen molar-refractivity contribution in [2.75, 3.05) is 25.1 Å². The highest BCUT2D eigenvalue weighted by Crippen LogP contribution is 2.26. The SMILES string of the molecule is Cc1nc(CC(C)C)c(NC(=O)CC2COCCN2)s1.Cl. The van der Waals surface area contributed by atoms with Crippen LogP contribution in [0.15, 0.2) is 0 Å². The number of thiazole rings is 1. The van der Waals surface area contributed by atoms with E-state index in [2.05, 4.69) is 29.5 Å². The van der Waals surface area contributed by atoms with Crippen molar-refractivity contribution in [2.24, 2.45) is 5.92 Å². The molecule has 0 bridgehead atoms. The molecule has 7 heteroatoms. The maximum absolute atomic E-state index is 12.1. The van der Waals surface area contributed by atoms with E-state index in [1.807, 2.05) is 6.92 Å². The van der Waals surface area contributed by atoms with Gasteiger partial charge in [0.1, 0.15) is 5.00 Å². The molecule has 0 spiro atoms. The summed E-state index contributed by atoms with van der Waals surface area (Å²) in [6, 6.07) is 0.117. The van der Waals surface area contributed by atoms with Crippen molar-refractivity contribution in [2.45, 2.75) is 39.7 Å². The summed E-state index contributed by atoms with van der Waals surface area (Å²) in [6.07, 6.45) is 1.34. The molecule has 0 radical (unpaired) electrons. The summed E-state index contributed by atoms with van der Waals surface area (Å²) in [5.41, 5.74) is 1.00. The molecule has 1 aliphatic rings. The van der Waals surface area contributed by atoms with Crippen LogP contribution < -0.4 is 10.6 Å². The molecule has 1 aliphatic heterocycles. The van der Waals surface area contributed by atoms with Crippen LogP contribution in [-0.2, 0) is 16.0 Å². The first-order chi connectivity index (χ1) is 9.54. The fourth-order valence-corrected chi connectivity index (χ4v) is 3.11. The molecule has 1 saturated heterocycles. The summed E-state index contributed by atoms with van der Waals surface area (Å²) in [4.78, 5) is 16.6. The highest BCUT2D eigenvalue weighted by atomic mass is 35.5. The van der Waals surface area contributed by atoms with Gasteiger partial charge in [-0.15, -0.1) is 23.7 Å². The molecule has 0 saturated carbocycles. The Hall–Kier alpha value is -0.690. The number of hydrogen-bond donors (Lipinski definition) is 2. The third kappa shape index (κ3) is 5.90. The molecule has 21 heavy (non-hydrogen) atoms. The minimum absolute atomic E-state index is 0. The van der Waals surface area contributed by atoms with Crippen LogP contribution in [-0.4, -0.2) is 36.7 Å². The van der Waals surface area contributed by atoms with Crippen LogP contribution in [0.25, 0.3) is 0 Å². The van der Waals surface area contributed by atoms with Crippen molar-refractivity contribution in [1.29, 1.82) is 0 Å². The molecule has 2 rings (SSSR count). The maximum Gasteiger partial charge on any atom is 0.226 e. The van der Waals surface area contributed by atoms with Crippen molar-refractivity contribution in [1.82, 2.24) is 10.3 Å². The minimum atomic E-state index is 0. The Labute approximate surface area is 136 Å². The fourth-order valence-electron chi connectivity index (χ4n) is 2.25. The average molecular weight is 334 g/mol. The molecule has 0 aromatic carbocycles. The summed E-state index contributed by atoms with van der Waals surface area (Å²) < 4.78 is 5.36. The first-order valence-corrected chi connectivity index (χ1v) is 7.93. The van der Waals surface area contributed by atoms with Crippen molar-refractivity contribution in [3.8, 4) is 0 Å². The van der Waals surface area contributed by atoms with Crippen molar-refractivity contribution < 1.29 is 9.53 Å². The number of rotatable bonds is 5. The molecule has 1 atom stereocenters. The van der Waals surface area contributed by atoms with E-state index in [0.29, 0.717) is 18.9 Å². The monoisotopic (exact) mass is 333 g/mol. The smallest absolute Gasteiger partial charge is 0.226 e. The molecule has 2 N–H and O–H groups in total. The van der Waals surface area contributed by atoms with Gasteiger partial charge in [0.05, 0.1) is 23.9 Å². The van der Waals surface area contributed by atoms with Gasteiger partial charge in [-0.1, -0.05) is 13.8 Å². The van der Waals surface area contributed by atoms with E-state index in [1.54, 1.807) is 11.3 Å². The van der Waals surface area contributed by atoms with Crippen LogP contribution in [0.4, 0.5) is 5.00 Å². The van der Waals surface area contributed by atoms with Crippen LogP contribution >= 0.6 is 23.7 Å². The Bertz CT molecular complexity index is 459. The van der Waals surface area contributed by atoms with Gasteiger partial charge < -0.3 is 15.4 Å². The average Bonchev–Trinajstić information content (AvgIpc) is 2.69. The number of anilines is 1. The molecular weight excluding hydrogens is 310 g/mol. The summed E-state index contributed by atoms with van der Waals surface area (Å²) in [5, 5.41) is 8.19. The number of nitrogens with zero attached hydrogens (tertiary/aromatic N) is 1. The molecule has 1 unspecified atom stereocenters. The van der Waals surface area contributed by atoms with Crippen molar-refractivity contribution in [3.05, 3.63) is 10.7 Å². The van der Waals surface area contributed by atoms with Crippen LogP contribution in [0.5, 0.6) is 0 Å². The van der Waals surface area contributed by atoms with E-state index in [-0.39, 0.29) is 24.4 Å². The first-order valence-electron chi connectivity index (χ1n) is 7.12. The van der Waals surface area contributed by atoms with E-state index in [0.717, 1.165) is 35.3 Å². The number of morpholine rings is 1. The number of nitrogens with one attached hydrogen (secondary N) is 2. The maximum atomic E-state index is 12.1. The quantitative estimate of drug-likeness (QED) is 0.868.